The second-order valence-electron chi connectivity index (χ2n) is 6.29. The molecule has 2 aromatic rings. The molecule has 2 N–H and O–H groups in total. The number of aliphatic hydroxyl groups is 2. The Morgan fingerprint density at radius 1 is 0.680 bits per heavy atom. The van der Waals surface area contributed by atoms with E-state index in [1.54, 1.807) is 38.1 Å². The number of ether oxygens (including phenoxy) is 3. The SMILES string of the molecule is CC(O)(CCOCCC(C)(O)Oc1ccccc1)Oc1ccccc1. The zero-order chi connectivity index (χ0) is 18.2. The lowest BCUT2D eigenvalue weighted by Gasteiger charge is -2.26. The Hall–Kier alpha value is -2.08. The lowest BCUT2D eigenvalue weighted by atomic mass is 10.2. The van der Waals surface area contributed by atoms with E-state index in [1.807, 2.05) is 36.4 Å². The zero-order valence-corrected chi connectivity index (χ0v) is 14.7. The number of hydrogen-bond donors (Lipinski definition) is 2. The van der Waals surface area contributed by atoms with Crippen molar-refractivity contribution in [2.45, 2.75) is 38.3 Å². The fraction of sp³-hybridized carbons (Fsp3) is 0.400. The largest absolute Gasteiger partial charge is 0.463 e. The van der Waals surface area contributed by atoms with E-state index in [2.05, 4.69) is 0 Å². The molecule has 2 unspecified atom stereocenters. The molecule has 2 atom stereocenters. The third-order valence-electron chi connectivity index (χ3n) is 3.58. The number of hydrogen-bond acceptors (Lipinski definition) is 5. The first kappa shape index (κ1) is 19.2. The fourth-order valence-corrected chi connectivity index (χ4v) is 2.21. The molecule has 0 fully saturated rings. The smallest absolute Gasteiger partial charge is 0.207 e. The van der Waals surface area contributed by atoms with E-state index < -0.39 is 11.6 Å². The van der Waals surface area contributed by atoms with Crippen LogP contribution in [0.4, 0.5) is 0 Å². The molecule has 0 amide bonds. The van der Waals surface area contributed by atoms with Crippen LogP contribution in [0.2, 0.25) is 0 Å². The van der Waals surface area contributed by atoms with E-state index >= 15 is 0 Å². The van der Waals surface area contributed by atoms with Crippen molar-refractivity contribution < 1.29 is 24.4 Å². The molecular weight excluding hydrogens is 320 g/mol. The van der Waals surface area contributed by atoms with Crippen LogP contribution in [0.25, 0.3) is 0 Å². The Morgan fingerprint density at radius 3 is 1.40 bits per heavy atom. The molecule has 0 spiro atoms. The van der Waals surface area contributed by atoms with Crippen molar-refractivity contribution in [2.75, 3.05) is 13.2 Å². The first-order chi connectivity index (χ1) is 11.9. The number of benzene rings is 2. The van der Waals surface area contributed by atoms with E-state index in [0.717, 1.165) is 0 Å². The highest BCUT2D eigenvalue weighted by Gasteiger charge is 2.24. The fourth-order valence-electron chi connectivity index (χ4n) is 2.21. The lowest BCUT2D eigenvalue weighted by molar-refractivity contribution is -0.149. The molecule has 2 rings (SSSR count). The quantitative estimate of drug-likeness (QED) is 0.510. The molecule has 0 aliphatic heterocycles. The van der Waals surface area contributed by atoms with Gasteiger partial charge in [-0.2, -0.15) is 0 Å². The average Bonchev–Trinajstić information content (AvgIpc) is 2.55. The van der Waals surface area contributed by atoms with Gasteiger partial charge >= 0.3 is 0 Å². The first-order valence-electron chi connectivity index (χ1n) is 8.37. The highest BCUT2D eigenvalue weighted by molar-refractivity contribution is 5.22. The lowest BCUT2D eigenvalue weighted by Crippen LogP contribution is -2.35. The van der Waals surface area contributed by atoms with Gasteiger partial charge in [0, 0.05) is 26.7 Å². The molecule has 0 aliphatic rings. The Morgan fingerprint density at radius 2 is 1.04 bits per heavy atom. The predicted octanol–water partition coefficient (Wildman–Crippen LogP) is 3.36. The molecule has 0 radical (unpaired) electrons. The topological polar surface area (TPSA) is 68.2 Å². The minimum Gasteiger partial charge on any atom is -0.463 e. The van der Waals surface area contributed by atoms with Gasteiger partial charge in [0.15, 0.2) is 0 Å². The van der Waals surface area contributed by atoms with E-state index in [1.165, 1.54) is 0 Å². The minimum absolute atomic E-state index is 0.307. The maximum Gasteiger partial charge on any atom is 0.207 e. The van der Waals surface area contributed by atoms with Gasteiger partial charge in [0.25, 0.3) is 0 Å². The number of para-hydroxylation sites is 2. The summed E-state index contributed by atoms with van der Waals surface area (Å²) in [7, 11) is 0. The molecule has 0 heterocycles. The molecular formula is C20H26O5. The summed E-state index contributed by atoms with van der Waals surface area (Å²) in [5.41, 5.74) is 0. The predicted molar refractivity (Wildman–Crippen MR) is 95.4 cm³/mol. The van der Waals surface area contributed by atoms with E-state index in [9.17, 15) is 10.2 Å². The normalized spacial score (nSPS) is 15.8. The summed E-state index contributed by atoms with van der Waals surface area (Å²) >= 11 is 0. The van der Waals surface area contributed by atoms with Gasteiger partial charge in [-0.15, -0.1) is 0 Å². The van der Waals surface area contributed by atoms with Gasteiger partial charge in [-0.05, 0) is 24.3 Å². The van der Waals surface area contributed by atoms with Crippen molar-refractivity contribution in [3.63, 3.8) is 0 Å². The second-order valence-corrected chi connectivity index (χ2v) is 6.29. The van der Waals surface area contributed by atoms with Crippen LogP contribution in [0.5, 0.6) is 11.5 Å². The highest BCUT2D eigenvalue weighted by atomic mass is 16.6. The van der Waals surface area contributed by atoms with Crippen molar-refractivity contribution in [3.05, 3.63) is 60.7 Å². The molecule has 0 saturated carbocycles. The average molecular weight is 346 g/mol. The van der Waals surface area contributed by atoms with Gasteiger partial charge in [-0.1, -0.05) is 36.4 Å². The van der Waals surface area contributed by atoms with Gasteiger partial charge in [0.05, 0.1) is 13.2 Å². The Balaban J connectivity index is 1.66. The molecule has 0 bridgehead atoms. The molecule has 0 aliphatic carbocycles. The Bertz CT molecular complexity index is 555. The molecule has 0 aromatic heterocycles. The number of rotatable bonds is 10. The molecule has 5 heteroatoms. The minimum atomic E-state index is -1.32. The Labute approximate surface area is 148 Å². The molecule has 25 heavy (non-hydrogen) atoms. The van der Waals surface area contributed by atoms with Crippen LogP contribution < -0.4 is 9.47 Å². The van der Waals surface area contributed by atoms with Crippen LogP contribution in [-0.2, 0) is 4.74 Å². The highest BCUT2D eigenvalue weighted by Crippen LogP contribution is 2.20. The summed E-state index contributed by atoms with van der Waals surface area (Å²) in [5, 5.41) is 20.5. The van der Waals surface area contributed by atoms with E-state index in [4.69, 9.17) is 14.2 Å². The van der Waals surface area contributed by atoms with Crippen molar-refractivity contribution in [3.8, 4) is 11.5 Å². The molecule has 136 valence electrons. The van der Waals surface area contributed by atoms with Crippen molar-refractivity contribution >= 4 is 0 Å². The van der Waals surface area contributed by atoms with Crippen molar-refractivity contribution in [2.24, 2.45) is 0 Å². The maximum absolute atomic E-state index is 10.2. The molecule has 0 saturated heterocycles. The summed E-state index contributed by atoms with van der Waals surface area (Å²) in [6, 6.07) is 18.3. The van der Waals surface area contributed by atoms with Crippen molar-refractivity contribution in [1.29, 1.82) is 0 Å². The summed E-state index contributed by atoms with van der Waals surface area (Å²) in [5.74, 6) is -1.42. The third-order valence-corrected chi connectivity index (χ3v) is 3.58. The third kappa shape index (κ3) is 7.56. The van der Waals surface area contributed by atoms with Crippen LogP contribution >= 0.6 is 0 Å². The summed E-state index contributed by atoms with van der Waals surface area (Å²) in [6.45, 7) is 3.80. The van der Waals surface area contributed by atoms with E-state index in [-0.39, 0.29) is 0 Å². The monoisotopic (exact) mass is 346 g/mol. The van der Waals surface area contributed by atoms with Gasteiger partial charge in [-0.25, -0.2) is 0 Å². The second kappa shape index (κ2) is 8.85. The van der Waals surface area contributed by atoms with Crippen LogP contribution in [-0.4, -0.2) is 35.0 Å². The first-order valence-corrected chi connectivity index (χ1v) is 8.37. The van der Waals surface area contributed by atoms with Crippen LogP contribution in [0, 0.1) is 0 Å². The maximum atomic E-state index is 10.2. The van der Waals surface area contributed by atoms with Gasteiger partial charge in [0.2, 0.25) is 11.6 Å². The molecule has 2 aromatic carbocycles. The van der Waals surface area contributed by atoms with Gasteiger partial charge in [-0.3, -0.25) is 0 Å². The van der Waals surface area contributed by atoms with Crippen LogP contribution in [0.1, 0.15) is 26.7 Å². The Kier molecular flexibility index (Phi) is 6.82. The zero-order valence-electron chi connectivity index (χ0n) is 14.7. The summed E-state index contributed by atoms with van der Waals surface area (Å²) < 4.78 is 16.6. The van der Waals surface area contributed by atoms with Gasteiger partial charge in [0.1, 0.15) is 11.5 Å². The molecule has 5 nitrogen and oxygen atoms in total. The van der Waals surface area contributed by atoms with Crippen molar-refractivity contribution in [1.82, 2.24) is 0 Å². The van der Waals surface area contributed by atoms with Crippen LogP contribution in [0.15, 0.2) is 60.7 Å². The summed E-state index contributed by atoms with van der Waals surface area (Å²) in [4.78, 5) is 0. The van der Waals surface area contributed by atoms with Crippen LogP contribution in [0.3, 0.4) is 0 Å². The van der Waals surface area contributed by atoms with Gasteiger partial charge < -0.3 is 24.4 Å². The summed E-state index contributed by atoms with van der Waals surface area (Å²) in [6.07, 6.45) is 0.618. The standard InChI is InChI=1S/C20H26O5/c1-19(21,24-17-9-5-3-6-10-17)13-15-23-16-14-20(2,22)25-18-11-7-4-8-12-18/h3-12,21-22H,13-16H2,1-2H3. The van der Waals surface area contributed by atoms with E-state index in [0.29, 0.717) is 37.6 Å².